The third-order valence-corrected chi connectivity index (χ3v) is 5.77. The van der Waals surface area contributed by atoms with E-state index in [-0.39, 0.29) is 0 Å². The molecular formula is C16H30N2. The van der Waals surface area contributed by atoms with Crippen LogP contribution in [0.3, 0.4) is 0 Å². The van der Waals surface area contributed by atoms with Gasteiger partial charge in [0, 0.05) is 18.6 Å². The van der Waals surface area contributed by atoms with Gasteiger partial charge in [0.2, 0.25) is 0 Å². The van der Waals surface area contributed by atoms with Gasteiger partial charge in [0.05, 0.1) is 0 Å². The normalized spacial score (nSPS) is 43.3. The minimum Gasteiger partial charge on any atom is -0.327 e. The molecule has 2 heteroatoms. The van der Waals surface area contributed by atoms with E-state index >= 15 is 0 Å². The Morgan fingerprint density at radius 1 is 1.06 bits per heavy atom. The van der Waals surface area contributed by atoms with Crippen LogP contribution >= 0.6 is 0 Å². The minimum absolute atomic E-state index is 0.377. The molecule has 104 valence electrons. The Hall–Kier alpha value is -0.0800. The summed E-state index contributed by atoms with van der Waals surface area (Å²) in [5.41, 5.74) is 6.20. The fourth-order valence-electron chi connectivity index (χ4n) is 5.11. The van der Waals surface area contributed by atoms with E-state index in [9.17, 15) is 0 Å². The van der Waals surface area contributed by atoms with E-state index < -0.39 is 0 Å². The number of hydrogen-bond donors (Lipinski definition) is 2. The maximum absolute atomic E-state index is 6.20. The highest BCUT2D eigenvalue weighted by molar-refractivity contribution is 5.01. The molecule has 4 bridgehead atoms. The van der Waals surface area contributed by atoms with Crippen molar-refractivity contribution in [1.29, 1.82) is 0 Å². The zero-order valence-corrected chi connectivity index (χ0v) is 11.9. The van der Waals surface area contributed by atoms with Gasteiger partial charge in [0.15, 0.2) is 0 Å². The quantitative estimate of drug-likeness (QED) is 0.760. The zero-order valence-electron chi connectivity index (χ0n) is 11.9. The summed E-state index contributed by atoms with van der Waals surface area (Å²) in [6.07, 6.45) is 11.3. The summed E-state index contributed by atoms with van der Waals surface area (Å²) < 4.78 is 0. The Bertz CT molecular complexity index is 248. The molecule has 1 unspecified atom stereocenters. The smallest absolute Gasteiger partial charge is 0.0165 e. The van der Waals surface area contributed by atoms with Gasteiger partial charge in [-0.3, -0.25) is 0 Å². The van der Waals surface area contributed by atoms with Crippen molar-refractivity contribution in [3.63, 3.8) is 0 Å². The standard InChI is InChI=1S/C16H30N2/c1-2-3-4-15(17)10-18-16-13-6-11-5-12(8-13)9-14(16)7-11/h11-16,18H,2-10,17H2,1H3. The molecule has 2 nitrogen and oxygen atoms in total. The van der Waals surface area contributed by atoms with Gasteiger partial charge < -0.3 is 11.1 Å². The Labute approximate surface area is 112 Å². The molecule has 0 spiro atoms. The van der Waals surface area contributed by atoms with Gasteiger partial charge in [0.1, 0.15) is 0 Å². The molecule has 0 aromatic carbocycles. The van der Waals surface area contributed by atoms with Crippen LogP contribution in [0.1, 0.15) is 58.3 Å². The predicted molar refractivity (Wildman–Crippen MR) is 76.3 cm³/mol. The average Bonchev–Trinajstić information content (AvgIpc) is 2.34. The van der Waals surface area contributed by atoms with Crippen molar-refractivity contribution in [3.05, 3.63) is 0 Å². The van der Waals surface area contributed by atoms with E-state index in [1.165, 1.54) is 44.9 Å². The molecule has 4 fully saturated rings. The molecule has 4 rings (SSSR count). The molecule has 0 aliphatic heterocycles. The molecule has 0 radical (unpaired) electrons. The van der Waals surface area contributed by atoms with Gasteiger partial charge in [-0.05, 0) is 62.2 Å². The lowest BCUT2D eigenvalue weighted by molar-refractivity contribution is -0.0139. The van der Waals surface area contributed by atoms with Crippen molar-refractivity contribution in [2.75, 3.05) is 6.54 Å². The molecular weight excluding hydrogens is 220 g/mol. The highest BCUT2D eigenvalue weighted by atomic mass is 15.0. The first kappa shape index (κ1) is 12.9. The van der Waals surface area contributed by atoms with Crippen molar-refractivity contribution in [2.24, 2.45) is 29.4 Å². The van der Waals surface area contributed by atoms with Crippen molar-refractivity contribution >= 4 is 0 Å². The average molecular weight is 250 g/mol. The summed E-state index contributed by atoms with van der Waals surface area (Å²) in [4.78, 5) is 0. The number of nitrogens with two attached hydrogens (primary N) is 1. The molecule has 0 heterocycles. The second-order valence-corrected chi connectivity index (χ2v) is 7.27. The van der Waals surface area contributed by atoms with Crippen LogP contribution in [0.5, 0.6) is 0 Å². The number of rotatable bonds is 6. The number of nitrogens with one attached hydrogen (secondary N) is 1. The molecule has 4 saturated carbocycles. The third kappa shape index (κ3) is 2.60. The van der Waals surface area contributed by atoms with Crippen molar-refractivity contribution in [2.45, 2.75) is 70.4 Å². The summed E-state index contributed by atoms with van der Waals surface area (Å²) >= 11 is 0. The molecule has 0 saturated heterocycles. The van der Waals surface area contributed by atoms with Gasteiger partial charge in [-0.2, -0.15) is 0 Å². The van der Waals surface area contributed by atoms with Crippen molar-refractivity contribution in [3.8, 4) is 0 Å². The van der Waals surface area contributed by atoms with E-state index in [0.29, 0.717) is 6.04 Å². The van der Waals surface area contributed by atoms with Crippen LogP contribution in [-0.2, 0) is 0 Å². The van der Waals surface area contributed by atoms with E-state index in [1.807, 2.05) is 0 Å². The van der Waals surface area contributed by atoms with Gasteiger partial charge >= 0.3 is 0 Å². The first-order valence-electron chi connectivity index (χ1n) is 8.25. The fourth-order valence-corrected chi connectivity index (χ4v) is 5.11. The Kier molecular flexibility index (Phi) is 3.95. The summed E-state index contributed by atoms with van der Waals surface area (Å²) in [5.74, 6) is 4.14. The summed E-state index contributed by atoms with van der Waals surface area (Å²) in [6, 6.07) is 1.19. The zero-order chi connectivity index (χ0) is 12.5. The van der Waals surface area contributed by atoms with E-state index in [4.69, 9.17) is 5.73 Å². The first-order valence-corrected chi connectivity index (χ1v) is 8.25. The van der Waals surface area contributed by atoms with Crippen LogP contribution in [0.25, 0.3) is 0 Å². The van der Waals surface area contributed by atoms with E-state index in [0.717, 1.165) is 36.3 Å². The second-order valence-electron chi connectivity index (χ2n) is 7.27. The monoisotopic (exact) mass is 250 g/mol. The topological polar surface area (TPSA) is 38.0 Å². The van der Waals surface area contributed by atoms with Crippen molar-refractivity contribution < 1.29 is 0 Å². The van der Waals surface area contributed by atoms with Crippen LogP contribution < -0.4 is 11.1 Å². The highest BCUT2D eigenvalue weighted by Gasteiger charge is 2.47. The molecule has 1 atom stereocenters. The SMILES string of the molecule is CCCCC(N)CNC1C2CC3CC(C2)CC1C3. The Morgan fingerprint density at radius 2 is 1.67 bits per heavy atom. The molecule has 4 aliphatic rings. The van der Waals surface area contributed by atoms with E-state index in [1.54, 1.807) is 6.42 Å². The summed E-state index contributed by atoms with van der Waals surface area (Å²) in [5, 5.41) is 3.85. The highest BCUT2D eigenvalue weighted by Crippen LogP contribution is 2.53. The second kappa shape index (κ2) is 5.50. The molecule has 0 aromatic heterocycles. The van der Waals surface area contributed by atoms with Gasteiger partial charge in [-0.25, -0.2) is 0 Å². The van der Waals surface area contributed by atoms with Crippen LogP contribution in [0.15, 0.2) is 0 Å². The molecule has 0 amide bonds. The Balaban J connectivity index is 1.48. The lowest BCUT2D eigenvalue weighted by atomic mass is 9.54. The molecule has 4 aliphatic carbocycles. The van der Waals surface area contributed by atoms with Crippen molar-refractivity contribution in [1.82, 2.24) is 5.32 Å². The van der Waals surface area contributed by atoms with Gasteiger partial charge in [-0.15, -0.1) is 0 Å². The third-order valence-electron chi connectivity index (χ3n) is 5.77. The molecule has 0 aromatic rings. The lowest BCUT2D eigenvalue weighted by Crippen LogP contribution is -2.56. The van der Waals surface area contributed by atoms with Gasteiger partial charge in [-0.1, -0.05) is 19.8 Å². The summed E-state index contributed by atoms with van der Waals surface area (Å²) in [7, 11) is 0. The van der Waals surface area contributed by atoms with Crippen LogP contribution in [0.4, 0.5) is 0 Å². The number of unbranched alkanes of at least 4 members (excludes halogenated alkanes) is 1. The fraction of sp³-hybridized carbons (Fsp3) is 1.00. The Morgan fingerprint density at radius 3 is 2.22 bits per heavy atom. The molecule has 3 N–H and O–H groups in total. The largest absolute Gasteiger partial charge is 0.327 e. The minimum atomic E-state index is 0.377. The summed E-state index contributed by atoms with van der Waals surface area (Å²) in [6.45, 7) is 3.30. The predicted octanol–water partition coefficient (Wildman–Crippen LogP) is 2.92. The lowest BCUT2D eigenvalue weighted by Gasteiger charge is -2.54. The molecule has 18 heavy (non-hydrogen) atoms. The first-order chi connectivity index (χ1) is 8.76. The number of hydrogen-bond acceptors (Lipinski definition) is 2. The maximum atomic E-state index is 6.20. The van der Waals surface area contributed by atoms with Crippen LogP contribution in [0.2, 0.25) is 0 Å². The van der Waals surface area contributed by atoms with Crippen LogP contribution in [-0.4, -0.2) is 18.6 Å². The van der Waals surface area contributed by atoms with E-state index in [2.05, 4.69) is 12.2 Å². The van der Waals surface area contributed by atoms with Crippen LogP contribution in [0, 0.1) is 23.7 Å². The van der Waals surface area contributed by atoms with Gasteiger partial charge in [0.25, 0.3) is 0 Å². The maximum Gasteiger partial charge on any atom is 0.0165 e.